The number of allylic oxidation sites excluding steroid dienone is 1. The van der Waals surface area contributed by atoms with E-state index in [1.165, 1.54) is 13.2 Å². The van der Waals surface area contributed by atoms with Gasteiger partial charge in [-0.25, -0.2) is 0 Å². The minimum Gasteiger partial charge on any atom is -0.507 e. The Morgan fingerprint density at radius 1 is 1.18 bits per heavy atom. The van der Waals surface area contributed by atoms with Crippen molar-refractivity contribution in [3.63, 3.8) is 0 Å². The molecule has 3 nitrogen and oxygen atoms in total. The lowest BCUT2D eigenvalue weighted by atomic mass is 9.90. The van der Waals surface area contributed by atoms with Crippen LogP contribution in [0.25, 0.3) is 16.8 Å². The molecule has 1 aliphatic carbocycles. The number of phenolic OH excluding ortho intramolecular Hbond substituents is 1. The summed E-state index contributed by atoms with van der Waals surface area (Å²) in [6, 6.07) is 9.07. The molecule has 0 fully saturated rings. The molecule has 0 radical (unpaired) electrons. The predicted molar refractivity (Wildman–Crippen MR) is 64.9 cm³/mol. The Labute approximate surface area is 97.9 Å². The number of carbonyl (C=O) groups is 1. The number of methoxy groups -OCH3 is 1. The number of aromatic hydroxyl groups is 1. The molecular weight excluding hydrogens is 216 g/mol. The molecule has 1 N–H and O–H groups in total. The van der Waals surface area contributed by atoms with Crippen LogP contribution in [0.4, 0.5) is 0 Å². The van der Waals surface area contributed by atoms with Crippen molar-refractivity contribution in [2.75, 3.05) is 7.11 Å². The lowest BCUT2D eigenvalue weighted by Crippen LogP contribution is -2.10. The van der Waals surface area contributed by atoms with E-state index in [9.17, 15) is 9.90 Å². The molecule has 3 heteroatoms. The fourth-order valence-electron chi connectivity index (χ4n) is 2.23. The zero-order valence-corrected chi connectivity index (χ0v) is 9.23. The van der Waals surface area contributed by atoms with Crippen LogP contribution in [0, 0.1) is 0 Å². The summed E-state index contributed by atoms with van der Waals surface area (Å²) in [4.78, 5) is 12.1. The van der Waals surface area contributed by atoms with E-state index in [2.05, 4.69) is 0 Å². The van der Waals surface area contributed by atoms with E-state index < -0.39 is 0 Å². The van der Waals surface area contributed by atoms with Gasteiger partial charge in [0, 0.05) is 5.39 Å². The summed E-state index contributed by atoms with van der Waals surface area (Å²) in [7, 11) is 1.45. The highest BCUT2D eigenvalue weighted by molar-refractivity contribution is 6.23. The van der Waals surface area contributed by atoms with Crippen LogP contribution in [-0.4, -0.2) is 18.0 Å². The molecule has 2 aromatic carbocycles. The molecule has 17 heavy (non-hydrogen) atoms. The SMILES string of the molecule is COC1=Cc2cccc3ccc(O)c(c23)C1=O. The van der Waals surface area contributed by atoms with Crippen LogP contribution < -0.4 is 0 Å². The second-order valence-electron chi connectivity index (χ2n) is 3.95. The van der Waals surface area contributed by atoms with Crippen molar-refractivity contribution in [1.82, 2.24) is 0 Å². The van der Waals surface area contributed by atoms with Gasteiger partial charge in [-0.2, -0.15) is 0 Å². The molecule has 84 valence electrons. The van der Waals surface area contributed by atoms with Crippen LogP contribution in [0.15, 0.2) is 36.1 Å². The van der Waals surface area contributed by atoms with E-state index in [4.69, 9.17) is 4.74 Å². The molecule has 0 atom stereocenters. The minimum atomic E-state index is -0.269. The van der Waals surface area contributed by atoms with Crippen molar-refractivity contribution in [3.05, 3.63) is 47.2 Å². The molecule has 0 amide bonds. The zero-order chi connectivity index (χ0) is 12.0. The van der Waals surface area contributed by atoms with Crippen LogP contribution in [0.5, 0.6) is 5.75 Å². The van der Waals surface area contributed by atoms with Gasteiger partial charge in [0.1, 0.15) is 5.75 Å². The van der Waals surface area contributed by atoms with Crippen molar-refractivity contribution in [1.29, 1.82) is 0 Å². The van der Waals surface area contributed by atoms with Crippen LogP contribution in [-0.2, 0) is 4.74 Å². The number of rotatable bonds is 1. The Morgan fingerprint density at radius 3 is 2.76 bits per heavy atom. The van der Waals surface area contributed by atoms with Gasteiger partial charge in [-0.05, 0) is 23.1 Å². The second-order valence-corrected chi connectivity index (χ2v) is 3.95. The van der Waals surface area contributed by atoms with Crippen LogP contribution in [0.3, 0.4) is 0 Å². The highest BCUT2D eigenvalue weighted by Crippen LogP contribution is 2.36. The summed E-state index contributed by atoms with van der Waals surface area (Å²) in [6.45, 7) is 0. The standard InChI is InChI=1S/C14H10O3/c1-17-11-7-9-4-2-3-8-5-6-10(15)13(12(8)9)14(11)16/h2-7,15H,1H3. The van der Waals surface area contributed by atoms with Crippen molar-refractivity contribution in [3.8, 4) is 5.75 Å². The Kier molecular flexibility index (Phi) is 1.95. The van der Waals surface area contributed by atoms with Gasteiger partial charge in [0.15, 0.2) is 5.76 Å². The summed E-state index contributed by atoms with van der Waals surface area (Å²) >= 11 is 0. The third-order valence-electron chi connectivity index (χ3n) is 3.01. The van der Waals surface area contributed by atoms with Gasteiger partial charge in [-0.15, -0.1) is 0 Å². The molecule has 1 aliphatic rings. The lowest BCUT2D eigenvalue weighted by molar-refractivity contribution is 0.0955. The second kappa shape index (κ2) is 3.35. The summed E-state index contributed by atoms with van der Waals surface area (Å²) in [5.41, 5.74) is 1.22. The van der Waals surface area contributed by atoms with E-state index in [1.807, 2.05) is 18.2 Å². The third-order valence-corrected chi connectivity index (χ3v) is 3.01. The number of hydrogen-bond donors (Lipinski definition) is 1. The Bertz CT molecular complexity index is 668. The van der Waals surface area contributed by atoms with Gasteiger partial charge in [0.05, 0.1) is 12.7 Å². The molecule has 0 aliphatic heterocycles. The average Bonchev–Trinajstić information content (AvgIpc) is 2.35. The molecule has 0 aromatic heterocycles. The summed E-state index contributed by atoms with van der Waals surface area (Å²) in [5.74, 6) is -0.0154. The Balaban J connectivity index is 2.49. The van der Waals surface area contributed by atoms with Gasteiger partial charge in [-0.3, -0.25) is 4.79 Å². The van der Waals surface area contributed by atoms with E-state index in [0.717, 1.165) is 16.3 Å². The van der Waals surface area contributed by atoms with Gasteiger partial charge in [0.25, 0.3) is 0 Å². The topological polar surface area (TPSA) is 46.5 Å². The number of hydrogen-bond acceptors (Lipinski definition) is 3. The predicted octanol–water partition coefficient (Wildman–Crippen LogP) is 2.73. The zero-order valence-electron chi connectivity index (χ0n) is 9.23. The first kappa shape index (κ1) is 9.90. The molecule has 2 aromatic rings. The largest absolute Gasteiger partial charge is 0.507 e. The maximum absolute atomic E-state index is 12.1. The number of benzene rings is 2. The van der Waals surface area contributed by atoms with Gasteiger partial charge in [-0.1, -0.05) is 24.3 Å². The van der Waals surface area contributed by atoms with Gasteiger partial charge < -0.3 is 9.84 Å². The highest BCUT2D eigenvalue weighted by Gasteiger charge is 2.25. The van der Waals surface area contributed by atoms with Crippen molar-refractivity contribution >= 4 is 22.6 Å². The van der Waals surface area contributed by atoms with Gasteiger partial charge in [0.2, 0.25) is 5.78 Å². The van der Waals surface area contributed by atoms with E-state index >= 15 is 0 Å². The number of ether oxygens (including phenoxy) is 1. The maximum Gasteiger partial charge on any atom is 0.231 e. The van der Waals surface area contributed by atoms with Crippen LogP contribution in [0.2, 0.25) is 0 Å². The summed E-state index contributed by atoms with van der Waals surface area (Å²) in [6.07, 6.45) is 1.71. The average molecular weight is 226 g/mol. The van der Waals surface area contributed by atoms with Crippen LogP contribution >= 0.6 is 0 Å². The molecule has 0 unspecified atom stereocenters. The normalized spacial score (nSPS) is 13.7. The van der Waals surface area contributed by atoms with Gasteiger partial charge >= 0.3 is 0 Å². The fourth-order valence-corrected chi connectivity index (χ4v) is 2.23. The molecule has 0 spiro atoms. The monoisotopic (exact) mass is 226 g/mol. The van der Waals surface area contributed by atoms with Crippen molar-refractivity contribution in [2.45, 2.75) is 0 Å². The van der Waals surface area contributed by atoms with Crippen molar-refractivity contribution < 1.29 is 14.6 Å². The third kappa shape index (κ3) is 1.25. The number of phenols is 1. The summed E-state index contributed by atoms with van der Waals surface area (Å²) < 4.78 is 5.05. The first-order valence-corrected chi connectivity index (χ1v) is 5.27. The molecular formula is C14H10O3. The first-order valence-electron chi connectivity index (χ1n) is 5.27. The molecule has 0 saturated carbocycles. The number of carbonyl (C=O) groups excluding carboxylic acids is 1. The fraction of sp³-hybridized carbons (Fsp3) is 0.0714. The smallest absolute Gasteiger partial charge is 0.231 e. The lowest BCUT2D eigenvalue weighted by Gasteiger charge is -2.16. The van der Waals surface area contributed by atoms with E-state index in [1.54, 1.807) is 12.1 Å². The Morgan fingerprint density at radius 2 is 2.00 bits per heavy atom. The number of Topliss-reactive ketones (excluding diaryl/α,β-unsaturated/α-hetero) is 1. The summed E-state index contributed by atoms with van der Waals surface area (Å²) in [5, 5.41) is 11.6. The Hall–Kier alpha value is -2.29. The minimum absolute atomic E-state index is 0.00222. The molecule has 0 bridgehead atoms. The highest BCUT2D eigenvalue weighted by atomic mass is 16.5. The van der Waals surface area contributed by atoms with E-state index in [-0.39, 0.29) is 17.3 Å². The molecule has 3 rings (SSSR count). The first-order chi connectivity index (χ1) is 8.22. The molecule has 0 heterocycles. The number of ketones is 1. The maximum atomic E-state index is 12.1. The van der Waals surface area contributed by atoms with E-state index in [0.29, 0.717) is 5.56 Å². The molecule has 0 saturated heterocycles. The van der Waals surface area contributed by atoms with Crippen molar-refractivity contribution in [2.24, 2.45) is 0 Å². The quantitative estimate of drug-likeness (QED) is 0.813. The van der Waals surface area contributed by atoms with Crippen LogP contribution in [0.1, 0.15) is 15.9 Å².